The van der Waals surface area contributed by atoms with Gasteiger partial charge in [0.2, 0.25) is 0 Å². The largest absolute Gasteiger partial charge is 0.491 e. The summed E-state index contributed by atoms with van der Waals surface area (Å²) in [5.74, 6) is -0.390. The number of rotatable bonds is 6. The van der Waals surface area contributed by atoms with Crippen LogP contribution in [-0.4, -0.2) is 6.61 Å². The molecule has 3 aromatic carbocycles. The monoisotopic (exact) mass is 436 g/mol. The Balaban J connectivity index is 1.56. The van der Waals surface area contributed by atoms with Gasteiger partial charge < -0.3 is 4.74 Å². The third kappa shape index (κ3) is 4.59. The molecule has 4 heteroatoms. The first-order valence-electron chi connectivity index (χ1n) is 11.1. The minimum Gasteiger partial charge on any atom is -0.491 e. The van der Waals surface area contributed by atoms with E-state index >= 15 is 0 Å². The zero-order valence-corrected chi connectivity index (χ0v) is 18.2. The van der Waals surface area contributed by atoms with Gasteiger partial charge in [-0.2, -0.15) is 0 Å². The molecule has 1 aliphatic rings. The standard InChI is InChI=1S/C28H27F3O/c1-3-18-5-7-19(8-6-18)20-9-12-23(25(29)15-20)21-10-13-24(26(30)16-21)22-11-14-28(32-4-2)27(31)17-22/h3,9-19H,1,4-8H2,2H3. The molecule has 32 heavy (non-hydrogen) atoms. The van der Waals surface area contributed by atoms with E-state index < -0.39 is 11.6 Å². The molecule has 0 spiro atoms. The van der Waals surface area contributed by atoms with E-state index in [1.165, 1.54) is 18.2 Å². The molecule has 166 valence electrons. The maximum Gasteiger partial charge on any atom is 0.165 e. The molecular formula is C28H27F3O. The summed E-state index contributed by atoms with van der Waals surface area (Å²) in [6.45, 7) is 5.99. The summed E-state index contributed by atoms with van der Waals surface area (Å²) in [5, 5.41) is 0. The third-order valence-electron chi connectivity index (χ3n) is 6.39. The van der Waals surface area contributed by atoms with E-state index in [1.54, 1.807) is 37.3 Å². The Morgan fingerprint density at radius 1 is 0.812 bits per heavy atom. The van der Waals surface area contributed by atoms with Crippen LogP contribution >= 0.6 is 0 Å². The molecule has 0 N–H and O–H groups in total. The number of hydrogen-bond donors (Lipinski definition) is 0. The van der Waals surface area contributed by atoms with E-state index in [9.17, 15) is 13.2 Å². The van der Waals surface area contributed by atoms with Crippen LogP contribution in [0, 0.1) is 23.4 Å². The summed E-state index contributed by atoms with van der Waals surface area (Å²) in [5.41, 5.74) is 2.47. The van der Waals surface area contributed by atoms with E-state index in [2.05, 4.69) is 6.58 Å². The highest BCUT2D eigenvalue weighted by Gasteiger charge is 2.22. The predicted molar refractivity (Wildman–Crippen MR) is 123 cm³/mol. The minimum absolute atomic E-state index is 0.133. The Morgan fingerprint density at radius 3 is 1.97 bits per heavy atom. The van der Waals surface area contributed by atoms with Crippen LogP contribution < -0.4 is 4.74 Å². The van der Waals surface area contributed by atoms with Crippen molar-refractivity contribution in [3.63, 3.8) is 0 Å². The maximum absolute atomic E-state index is 15.0. The van der Waals surface area contributed by atoms with Gasteiger partial charge in [0.05, 0.1) is 6.61 Å². The van der Waals surface area contributed by atoms with Crippen molar-refractivity contribution in [3.05, 3.63) is 90.3 Å². The van der Waals surface area contributed by atoms with E-state index in [0.717, 1.165) is 31.2 Å². The number of benzene rings is 3. The van der Waals surface area contributed by atoms with Crippen LogP contribution in [-0.2, 0) is 0 Å². The number of halogens is 3. The van der Waals surface area contributed by atoms with E-state index in [-0.39, 0.29) is 17.1 Å². The Bertz CT molecular complexity index is 1110. The molecule has 0 saturated heterocycles. The normalized spacial score (nSPS) is 18.4. The molecular weight excluding hydrogens is 409 g/mol. The zero-order valence-electron chi connectivity index (χ0n) is 18.2. The molecule has 3 aromatic rings. The van der Waals surface area contributed by atoms with E-state index in [4.69, 9.17) is 4.74 Å². The van der Waals surface area contributed by atoms with Crippen molar-refractivity contribution in [2.45, 2.75) is 38.5 Å². The number of hydrogen-bond acceptors (Lipinski definition) is 1. The van der Waals surface area contributed by atoms with Crippen molar-refractivity contribution < 1.29 is 17.9 Å². The van der Waals surface area contributed by atoms with Crippen molar-refractivity contribution in [2.24, 2.45) is 5.92 Å². The van der Waals surface area contributed by atoms with Crippen LogP contribution in [0.4, 0.5) is 13.2 Å². The highest BCUT2D eigenvalue weighted by Crippen LogP contribution is 2.38. The van der Waals surface area contributed by atoms with Crippen LogP contribution in [0.5, 0.6) is 5.75 Å². The lowest BCUT2D eigenvalue weighted by Crippen LogP contribution is -2.11. The first kappa shape index (κ1) is 22.2. The number of ether oxygens (including phenoxy) is 1. The molecule has 0 bridgehead atoms. The lowest BCUT2D eigenvalue weighted by Gasteiger charge is -2.27. The van der Waals surface area contributed by atoms with Gasteiger partial charge in [-0.15, -0.1) is 6.58 Å². The van der Waals surface area contributed by atoms with E-state index in [1.807, 2.05) is 12.1 Å². The molecule has 1 saturated carbocycles. The van der Waals surface area contributed by atoms with Gasteiger partial charge in [0.25, 0.3) is 0 Å². The Labute approximate surface area is 187 Å². The third-order valence-corrected chi connectivity index (χ3v) is 6.39. The second-order valence-electron chi connectivity index (χ2n) is 8.36. The quantitative estimate of drug-likeness (QED) is 0.353. The van der Waals surface area contributed by atoms with Gasteiger partial charge in [0, 0.05) is 11.1 Å². The molecule has 0 radical (unpaired) electrons. The number of allylic oxidation sites excluding steroid dienone is 1. The lowest BCUT2D eigenvalue weighted by atomic mass is 9.78. The van der Waals surface area contributed by atoms with Gasteiger partial charge >= 0.3 is 0 Å². The fourth-order valence-electron chi connectivity index (χ4n) is 4.57. The average molecular weight is 437 g/mol. The topological polar surface area (TPSA) is 9.23 Å². The second-order valence-corrected chi connectivity index (χ2v) is 8.36. The summed E-state index contributed by atoms with van der Waals surface area (Å²) in [6, 6.07) is 14.1. The zero-order chi connectivity index (χ0) is 22.7. The van der Waals surface area contributed by atoms with Crippen molar-refractivity contribution >= 4 is 0 Å². The molecule has 0 unspecified atom stereocenters. The summed E-state index contributed by atoms with van der Waals surface area (Å²) < 4.78 is 49.2. The Morgan fingerprint density at radius 2 is 1.41 bits per heavy atom. The SMILES string of the molecule is C=CC1CCC(c2ccc(-c3ccc(-c4ccc(OCC)c(F)c4)c(F)c3)c(F)c2)CC1. The van der Waals surface area contributed by atoms with Crippen LogP contribution in [0.1, 0.15) is 44.1 Å². The molecule has 1 fully saturated rings. The summed E-state index contributed by atoms with van der Waals surface area (Å²) in [6.07, 6.45) is 6.22. The fourth-order valence-corrected chi connectivity index (χ4v) is 4.57. The Hall–Kier alpha value is -3.01. The summed E-state index contributed by atoms with van der Waals surface area (Å²) in [7, 11) is 0. The second kappa shape index (κ2) is 9.64. The molecule has 4 rings (SSSR count). The first-order chi connectivity index (χ1) is 15.5. The van der Waals surface area contributed by atoms with Crippen molar-refractivity contribution in [2.75, 3.05) is 6.61 Å². The molecule has 0 aliphatic heterocycles. The molecule has 1 nitrogen and oxygen atoms in total. The van der Waals surface area contributed by atoms with Crippen LogP contribution in [0.15, 0.2) is 67.3 Å². The first-order valence-corrected chi connectivity index (χ1v) is 11.1. The summed E-state index contributed by atoms with van der Waals surface area (Å²) >= 11 is 0. The Kier molecular flexibility index (Phi) is 6.69. The van der Waals surface area contributed by atoms with Gasteiger partial charge in [-0.05, 0) is 85.4 Å². The molecule has 0 atom stereocenters. The highest BCUT2D eigenvalue weighted by atomic mass is 19.1. The minimum atomic E-state index is -0.545. The summed E-state index contributed by atoms with van der Waals surface area (Å²) in [4.78, 5) is 0. The van der Waals surface area contributed by atoms with Crippen molar-refractivity contribution in [1.29, 1.82) is 0 Å². The predicted octanol–water partition coefficient (Wildman–Crippen LogP) is 8.30. The van der Waals surface area contributed by atoms with Crippen molar-refractivity contribution in [3.8, 4) is 28.0 Å². The van der Waals surface area contributed by atoms with E-state index in [0.29, 0.717) is 35.1 Å². The lowest BCUT2D eigenvalue weighted by molar-refractivity contribution is 0.321. The van der Waals surface area contributed by atoms with Crippen LogP contribution in [0.3, 0.4) is 0 Å². The van der Waals surface area contributed by atoms with Crippen molar-refractivity contribution in [1.82, 2.24) is 0 Å². The molecule has 0 aromatic heterocycles. The average Bonchev–Trinajstić information content (AvgIpc) is 2.80. The smallest absolute Gasteiger partial charge is 0.165 e. The highest BCUT2D eigenvalue weighted by molar-refractivity contribution is 5.72. The maximum atomic E-state index is 15.0. The van der Waals surface area contributed by atoms with Crippen LogP contribution in [0.2, 0.25) is 0 Å². The molecule has 0 amide bonds. The van der Waals surface area contributed by atoms with Gasteiger partial charge in [0.1, 0.15) is 11.6 Å². The van der Waals surface area contributed by atoms with Gasteiger partial charge in [0.15, 0.2) is 11.6 Å². The molecule has 1 aliphatic carbocycles. The van der Waals surface area contributed by atoms with Gasteiger partial charge in [-0.1, -0.05) is 36.4 Å². The van der Waals surface area contributed by atoms with Gasteiger partial charge in [-0.3, -0.25) is 0 Å². The fraction of sp³-hybridized carbons (Fsp3) is 0.286. The van der Waals surface area contributed by atoms with Crippen LogP contribution in [0.25, 0.3) is 22.3 Å². The molecule has 0 heterocycles. The van der Waals surface area contributed by atoms with Gasteiger partial charge in [-0.25, -0.2) is 13.2 Å².